The Labute approximate surface area is 108 Å². The van der Waals surface area contributed by atoms with Crippen molar-refractivity contribution in [2.45, 2.75) is 26.7 Å². The van der Waals surface area contributed by atoms with Gasteiger partial charge in [-0.25, -0.2) is 0 Å². The van der Waals surface area contributed by atoms with E-state index in [9.17, 15) is 4.79 Å². The van der Waals surface area contributed by atoms with Gasteiger partial charge in [0, 0.05) is 0 Å². The number of esters is 1. The second-order valence-corrected chi connectivity index (χ2v) is 4.53. The molecule has 2 unspecified atom stereocenters. The maximum absolute atomic E-state index is 11.8. The molecule has 0 aliphatic carbocycles. The normalized spacial score (nSPS) is 13.4. The lowest BCUT2D eigenvalue weighted by atomic mass is 9.86. The fourth-order valence-corrected chi connectivity index (χ4v) is 1.97. The first-order valence-corrected chi connectivity index (χ1v) is 6.19. The van der Waals surface area contributed by atoms with Crippen LogP contribution in [0.1, 0.15) is 31.4 Å². The Morgan fingerprint density at radius 3 is 2.78 bits per heavy atom. The van der Waals surface area contributed by atoms with E-state index in [0.29, 0.717) is 12.0 Å². The highest BCUT2D eigenvalue weighted by atomic mass is 16.5. The quantitative estimate of drug-likeness (QED) is 0.749. The summed E-state index contributed by atoms with van der Waals surface area (Å²) in [5, 5.41) is 8.87. The number of rotatable bonds is 5. The molecule has 0 aliphatic heterocycles. The maximum Gasteiger partial charge on any atom is 0.309 e. The van der Waals surface area contributed by atoms with E-state index in [-0.39, 0.29) is 17.8 Å². The van der Waals surface area contributed by atoms with E-state index in [1.165, 1.54) is 7.11 Å². The van der Waals surface area contributed by atoms with Gasteiger partial charge in [-0.05, 0) is 30.0 Å². The van der Waals surface area contributed by atoms with E-state index in [1.54, 1.807) is 6.07 Å². The minimum Gasteiger partial charge on any atom is -0.469 e. The molecule has 0 N–H and O–H groups in total. The summed E-state index contributed by atoms with van der Waals surface area (Å²) >= 11 is 0. The van der Waals surface area contributed by atoms with Gasteiger partial charge in [0.15, 0.2) is 0 Å². The lowest BCUT2D eigenvalue weighted by Gasteiger charge is -2.20. The second kappa shape index (κ2) is 6.80. The Morgan fingerprint density at radius 2 is 2.22 bits per heavy atom. The van der Waals surface area contributed by atoms with Crippen molar-refractivity contribution in [1.29, 1.82) is 5.26 Å². The summed E-state index contributed by atoms with van der Waals surface area (Å²) in [6.45, 7) is 4.11. The van der Waals surface area contributed by atoms with Crippen molar-refractivity contribution >= 4 is 5.97 Å². The van der Waals surface area contributed by atoms with Gasteiger partial charge in [-0.15, -0.1) is 0 Å². The molecular formula is C15H19NO2. The minimum absolute atomic E-state index is 0.144. The Hall–Kier alpha value is -1.82. The molecular weight excluding hydrogens is 226 g/mol. The average Bonchev–Trinajstić information content (AvgIpc) is 2.43. The molecule has 0 saturated carbocycles. The van der Waals surface area contributed by atoms with Crippen molar-refractivity contribution in [3.05, 3.63) is 35.4 Å². The summed E-state index contributed by atoms with van der Waals surface area (Å²) in [4.78, 5) is 11.8. The number of nitrogens with zero attached hydrogens (tertiary/aromatic N) is 1. The molecule has 0 aliphatic rings. The predicted octanol–water partition coefficient (Wildman–Crippen LogP) is 2.94. The topological polar surface area (TPSA) is 50.1 Å². The highest BCUT2D eigenvalue weighted by molar-refractivity contribution is 5.73. The number of carbonyl (C=O) groups excluding carboxylic acids is 1. The average molecular weight is 245 g/mol. The SMILES string of the molecule is CCC(C)C(Cc1cccc(C#N)c1)C(=O)OC. The first-order valence-electron chi connectivity index (χ1n) is 6.19. The standard InChI is InChI=1S/C15H19NO2/c1-4-11(2)14(15(17)18-3)9-12-6-5-7-13(8-12)10-16/h5-8,11,14H,4,9H2,1-3H3. The smallest absolute Gasteiger partial charge is 0.309 e. The zero-order chi connectivity index (χ0) is 13.5. The molecule has 0 aromatic heterocycles. The van der Waals surface area contributed by atoms with E-state index >= 15 is 0 Å². The Bertz CT molecular complexity index is 448. The zero-order valence-electron chi connectivity index (χ0n) is 11.1. The molecule has 2 atom stereocenters. The number of ether oxygens (including phenoxy) is 1. The molecule has 1 rings (SSSR count). The number of hydrogen-bond donors (Lipinski definition) is 0. The van der Waals surface area contributed by atoms with Crippen LogP contribution in [-0.4, -0.2) is 13.1 Å². The van der Waals surface area contributed by atoms with Gasteiger partial charge >= 0.3 is 5.97 Å². The van der Waals surface area contributed by atoms with Crippen LogP contribution in [0.3, 0.4) is 0 Å². The van der Waals surface area contributed by atoms with Crippen LogP contribution in [0.25, 0.3) is 0 Å². The summed E-state index contributed by atoms with van der Waals surface area (Å²) in [7, 11) is 1.42. The van der Waals surface area contributed by atoms with Crippen LogP contribution in [0.4, 0.5) is 0 Å². The van der Waals surface area contributed by atoms with E-state index in [1.807, 2.05) is 18.2 Å². The molecule has 1 aromatic rings. The van der Waals surface area contributed by atoms with Crippen molar-refractivity contribution in [2.24, 2.45) is 11.8 Å². The van der Waals surface area contributed by atoms with Gasteiger partial charge in [-0.1, -0.05) is 32.4 Å². The lowest BCUT2D eigenvalue weighted by Crippen LogP contribution is -2.25. The molecule has 96 valence electrons. The first kappa shape index (κ1) is 14.2. The third-order valence-electron chi connectivity index (χ3n) is 3.35. The zero-order valence-corrected chi connectivity index (χ0v) is 11.1. The van der Waals surface area contributed by atoms with Gasteiger partial charge in [0.1, 0.15) is 0 Å². The van der Waals surface area contributed by atoms with Crippen molar-refractivity contribution in [1.82, 2.24) is 0 Å². The molecule has 0 spiro atoms. The second-order valence-electron chi connectivity index (χ2n) is 4.53. The highest BCUT2D eigenvalue weighted by Crippen LogP contribution is 2.22. The van der Waals surface area contributed by atoms with E-state index in [0.717, 1.165) is 12.0 Å². The Kier molecular flexibility index (Phi) is 5.38. The van der Waals surface area contributed by atoms with Gasteiger partial charge < -0.3 is 4.74 Å². The number of hydrogen-bond acceptors (Lipinski definition) is 3. The summed E-state index contributed by atoms with van der Waals surface area (Å²) in [6.07, 6.45) is 1.55. The molecule has 0 saturated heterocycles. The van der Waals surface area contributed by atoms with Crippen molar-refractivity contribution in [3.63, 3.8) is 0 Å². The molecule has 18 heavy (non-hydrogen) atoms. The molecule has 0 fully saturated rings. The maximum atomic E-state index is 11.8. The number of methoxy groups -OCH3 is 1. The molecule has 0 amide bonds. The first-order chi connectivity index (χ1) is 8.62. The van der Waals surface area contributed by atoms with Crippen LogP contribution in [0.15, 0.2) is 24.3 Å². The van der Waals surface area contributed by atoms with Crippen LogP contribution >= 0.6 is 0 Å². The molecule has 0 heterocycles. The number of carbonyl (C=O) groups is 1. The van der Waals surface area contributed by atoms with Crippen molar-refractivity contribution in [2.75, 3.05) is 7.11 Å². The van der Waals surface area contributed by atoms with Crippen LogP contribution in [0.5, 0.6) is 0 Å². The van der Waals surface area contributed by atoms with E-state index in [4.69, 9.17) is 10.00 Å². The van der Waals surface area contributed by atoms with Gasteiger partial charge in [0.2, 0.25) is 0 Å². The molecule has 1 aromatic carbocycles. The Morgan fingerprint density at radius 1 is 1.50 bits per heavy atom. The minimum atomic E-state index is -0.174. The van der Waals surface area contributed by atoms with Gasteiger partial charge in [-0.2, -0.15) is 5.26 Å². The third-order valence-corrected chi connectivity index (χ3v) is 3.35. The third kappa shape index (κ3) is 3.59. The largest absolute Gasteiger partial charge is 0.469 e. The van der Waals surface area contributed by atoms with E-state index < -0.39 is 0 Å². The fraction of sp³-hybridized carbons (Fsp3) is 0.467. The molecule has 3 heteroatoms. The Balaban J connectivity index is 2.89. The monoisotopic (exact) mass is 245 g/mol. The van der Waals surface area contributed by atoms with Crippen molar-refractivity contribution in [3.8, 4) is 6.07 Å². The van der Waals surface area contributed by atoms with Gasteiger partial charge in [0.05, 0.1) is 24.7 Å². The van der Waals surface area contributed by atoms with Crippen LogP contribution in [0.2, 0.25) is 0 Å². The molecule has 3 nitrogen and oxygen atoms in total. The molecule has 0 bridgehead atoms. The predicted molar refractivity (Wildman–Crippen MR) is 69.8 cm³/mol. The van der Waals surface area contributed by atoms with E-state index in [2.05, 4.69) is 19.9 Å². The van der Waals surface area contributed by atoms with Crippen LogP contribution in [0, 0.1) is 23.2 Å². The highest BCUT2D eigenvalue weighted by Gasteiger charge is 2.25. The summed E-state index contributed by atoms with van der Waals surface area (Å²) in [5.74, 6) is -0.0520. The summed E-state index contributed by atoms with van der Waals surface area (Å²) in [5.41, 5.74) is 1.63. The molecule has 0 radical (unpaired) electrons. The number of benzene rings is 1. The summed E-state index contributed by atoms with van der Waals surface area (Å²) in [6, 6.07) is 9.50. The van der Waals surface area contributed by atoms with Crippen molar-refractivity contribution < 1.29 is 9.53 Å². The summed E-state index contributed by atoms with van der Waals surface area (Å²) < 4.78 is 4.86. The fourth-order valence-electron chi connectivity index (χ4n) is 1.97. The van der Waals surface area contributed by atoms with Gasteiger partial charge in [0.25, 0.3) is 0 Å². The van der Waals surface area contributed by atoms with Crippen LogP contribution in [-0.2, 0) is 16.0 Å². The number of nitriles is 1. The van der Waals surface area contributed by atoms with Gasteiger partial charge in [-0.3, -0.25) is 4.79 Å². The lowest BCUT2D eigenvalue weighted by molar-refractivity contribution is -0.147. The van der Waals surface area contributed by atoms with Crippen LogP contribution < -0.4 is 0 Å².